The van der Waals surface area contributed by atoms with Crippen LogP contribution in [0.15, 0.2) is 64.6 Å². The van der Waals surface area contributed by atoms with E-state index in [1.165, 1.54) is 23.9 Å². The highest BCUT2D eigenvalue weighted by atomic mass is 32.2. The maximum Gasteiger partial charge on any atom is 0.347 e. The summed E-state index contributed by atoms with van der Waals surface area (Å²) >= 11 is 1.49. The molecule has 0 saturated heterocycles. The normalized spacial score (nSPS) is 11.0. The molecule has 2 aromatic carbocycles. The van der Waals surface area contributed by atoms with E-state index in [1.54, 1.807) is 36.4 Å². The number of hydrogen-bond acceptors (Lipinski definition) is 7. The van der Waals surface area contributed by atoms with Crippen molar-refractivity contribution in [2.24, 2.45) is 0 Å². The van der Waals surface area contributed by atoms with Crippen molar-refractivity contribution >= 4 is 33.7 Å². The first-order valence-corrected chi connectivity index (χ1v) is 12.3. The van der Waals surface area contributed by atoms with Gasteiger partial charge in [0.2, 0.25) is 0 Å². The Labute approximate surface area is 196 Å². The molecule has 0 fully saturated rings. The van der Waals surface area contributed by atoms with Crippen molar-refractivity contribution in [1.82, 2.24) is 25.5 Å². The van der Waals surface area contributed by atoms with E-state index in [1.807, 2.05) is 37.0 Å². The van der Waals surface area contributed by atoms with Crippen LogP contribution in [0.1, 0.15) is 32.9 Å². The van der Waals surface area contributed by atoms with Crippen molar-refractivity contribution in [3.63, 3.8) is 0 Å². The van der Waals surface area contributed by atoms with Gasteiger partial charge in [-0.3, -0.25) is 10.2 Å². The topological polar surface area (TPSA) is 130 Å². The maximum absolute atomic E-state index is 12.3. The molecule has 11 heteroatoms. The maximum atomic E-state index is 12.3. The highest BCUT2D eigenvalue weighted by molar-refractivity contribution is 7.98. The molecule has 33 heavy (non-hydrogen) atoms. The zero-order valence-corrected chi connectivity index (χ0v) is 19.9. The summed E-state index contributed by atoms with van der Waals surface area (Å²) in [5.74, 6) is 0.0391. The molecule has 0 aliphatic carbocycles. The number of nitrogens with one attached hydrogen (secondary N) is 3. The van der Waals surface area contributed by atoms with Crippen molar-refractivity contribution in [3.8, 4) is 0 Å². The second kappa shape index (κ2) is 10.5. The lowest BCUT2D eigenvalue weighted by molar-refractivity contribution is 0.0937. The Balaban J connectivity index is 1.50. The van der Waals surface area contributed by atoms with Gasteiger partial charge >= 0.3 is 6.03 Å². The minimum Gasteiger partial charge on any atom is -0.267 e. The molecule has 0 unspecified atom stereocenters. The van der Waals surface area contributed by atoms with Gasteiger partial charge < -0.3 is 0 Å². The highest BCUT2D eigenvalue weighted by Crippen LogP contribution is 2.20. The zero-order valence-electron chi connectivity index (χ0n) is 18.2. The van der Waals surface area contributed by atoms with Crippen LogP contribution in [-0.4, -0.2) is 30.3 Å². The first-order chi connectivity index (χ1) is 15.6. The molecule has 3 aromatic rings. The van der Waals surface area contributed by atoms with E-state index in [9.17, 15) is 18.0 Å². The summed E-state index contributed by atoms with van der Waals surface area (Å²) in [7, 11) is -4.06. The van der Waals surface area contributed by atoms with Gasteiger partial charge in [0.1, 0.15) is 0 Å². The Bertz CT molecular complexity index is 1240. The average Bonchev–Trinajstić information content (AvgIpc) is 2.76. The third-order valence-electron chi connectivity index (χ3n) is 4.39. The van der Waals surface area contributed by atoms with E-state index in [-0.39, 0.29) is 4.90 Å². The zero-order chi connectivity index (χ0) is 24.0. The molecule has 9 nitrogen and oxygen atoms in total. The van der Waals surface area contributed by atoms with Gasteiger partial charge in [-0.1, -0.05) is 41.6 Å². The smallest absolute Gasteiger partial charge is 0.267 e. The molecule has 0 saturated carbocycles. The fourth-order valence-corrected chi connectivity index (χ4v) is 4.58. The fourth-order valence-electron chi connectivity index (χ4n) is 2.77. The van der Waals surface area contributed by atoms with Gasteiger partial charge in [0, 0.05) is 22.7 Å². The van der Waals surface area contributed by atoms with Crippen LogP contribution in [0.4, 0.5) is 4.79 Å². The van der Waals surface area contributed by atoms with Crippen molar-refractivity contribution in [1.29, 1.82) is 0 Å². The van der Waals surface area contributed by atoms with Crippen LogP contribution in [0.2, 0.25) is 0 Å². The Morgan fingerprint density at radius 2 is 1.48 bits per heavy atom. The Hall–Kier alpha value is -3.44. The van der Waals surface area contributed by atoms with Gasteiger partial charge in [0.15, 0.2) is 5.16 Å². The van der Waals surface area contributed by atoms with Crippen LogP contribution in [0, 0.1) is 20.8 Å². The third kappa shape index (κ3) is 7.02. The molecule has 172 valence electrons. The predicted molar refractivity (Wildman–Crippen MR) is 125 cm³/mol. The number of hydrogen-bond donors (Lipinski definition) is 3. The lowest BCUT2D eigenvalue weighted by Gasteiger charge is -2.10. The molecule has 1 heterocycles. The van der Waals surface area contributed by atoms with E-state index in [0.29, 0.717) is 16.5 Å². The minimum atomic E-state index is -4.06. The van der Waals surface area contributed by atoms with Crippen LogP contribution >= 0.6 is 11.8 Å². The lowest BCUT2D eigenvalue weighted by Crippen LogP contribution is -2.48. The number of carbonyl (C=O) groups is 2. The fraction of sp³-hybridized carbons (Fsp3) is 0.182. The first kappa shape index (κ1) is 24.2. The largest absolute Gasteiger partial charge is 0.347 e. The van der Waals surface area contributed by atoms with Gasteiger partial charge in [-0.2, -0.15) is 0 Å². The van der Waals surface area contributed by atoms with Crippen LogP contribution in [0.5, 0.6) is 0 Å². The summed E-state index contributed by atoms with van der Waals surface area (Å²) < 4.78 is 26.3. The van der Waals surface area contributed by atoms with Crippen molar-refractivity contribution in [2.75, 3.05) is 0 Å². The number of carbonyl (C=O) groups excluding carboxylic acids is 2. The Morgan fingerprint density at radius 3 is 2.09 bits per heavy atom. The molecule has 0 bridgehead atoms. The number of rotatable bonds is 6. The third-order valence-corrected chi connectivity index (χ3v) is 6.66. The molecule has 0 radical (unpaired) electrons. The summed E-state index contributed by atoms with van der Waals surface area (Å²) in [4.78, 5) is 32.9. The number of benzene rings is 2. The Kier molecular flexibility index (Phi) is 7.67. The van der Waals surface area contributed by atoms with E-state index < -0.39 is 22.0 Å². The molecule has 3 N–H and O–H groups in total. The van der Waals surface area contributed by atoms with E-state index >= 15 is 0 Å². The standard InChI is InChI=1S/C22H23N5O4S2/c1-14-4-10-19(11-5-14)33(30,31)27-21(29)26-25-20(28)18-8-6-17(7-9-18)13-32-22-23-15(2)12-16(3)24-22/h4-12H,13H2,1-3H3,(H,25,28)(H2,26,27,29). The number of aromatic nitrogens is 2. The first-order valence-electron chi connectivity index (χ1n) is 9.86. The number of hydrazine groups is 1. The van der Waals surface area contributed by atoms with Gasteiger partial charge in [-0.25, -0.2) is 33.3 Å². The van der Waals surface area contributed by atoms with Crippen LogP contribution in [0.25, 0.3) is 0 Å². The van der Waals surface area contributed by atoms with Crippen LogP contribution < -0.4 is 15.6 Å². The number of amides is 3. The molecule has 0 atom stereocenters. The summed E-state index contributed by atoms with van der Waals surface area (Å²) in [6.45, 7) is 5.65. The van der Waals surface area contributed by atoms with Crippen molar-refractivity contribution < 1.29 is 18.0 Å². The second-order valence-electron chi connectivity index (χ2n) is 7.25. The van der Waals surface area contributed by atoms with Crippen molar-refractivity contribution in [3.05, 3.63) is 82.7 Å². The van der Waals surface area contributed by atoms with Gasteiger partial charge in [-0.15, -0.1) is 0 Å². The predicted octanol–water partition coefficient (Wildman–Crippen LogP) is 3.03. The van der Waals surface area contributed by atoms with Gasteiger partial charge in [-0.05, 0) is 56.7 Å². The molecule has 1 aromatic heterocycles. The summed E-state index contributed by atoms with van der Waals surface area (Å²) in [6, 6.07) is 13.6. The molecular formula is C22H23N5O4S2. The quantitative estimate of drug-likeness (QED) is 0.278. The molecule has 0 aliphatic rings. The van der Waals surface area contributed by atoms with Crippen LogP contribution in [0.3, 0.4) is 0 Å². The van der Waals surface area contributed by atoms with Crippen molar-refractivity contribution in [2.45, 2.75) is 36.6 Å². The number of nitrogens with zero attached hydrogens (tertiary/aromatic N) is 2. The summed E-state index contributed by atoms with van der Waals surface area (Å²) in [5, 5.41) is 0.685. The molecule has 0 spiro atoms. The molecule has 0 aliphatic heterocycles. The minimum absolute atomic E-state index is 0.0609. The highest BCUT2D eigenvalue weighted by Gasteiger charge is 2.18. The summed E-state index contributed by atoms with van der Waals surface area (Å²) in [6.07, 6.45) is 0. The number of aryl methyl sites for hydroxylation is 3. The van der Waals surface area contributed by atoms with E-state index in [4.69, 9.17) is 0 Å². The molecule has 3 amide bonds. The van der Waals surface area contributed by atoms with E-state index in [2.05, 4.69) is 15.4 Å². The van der Waals surface area contributed by atoms with Crippen LogP contribution in [-0.2, 0) is 15.8 Å². The Morgan fingerprint density at radius 1 is 0.879 bits per heavy atom. The number of thioether (sulfide) groups is 1. The number of urea groups is 1. The molecule has 3 rings (SSSR count). The SMILES string of the molecule is Cc1ccc(S(=O)(=O)NC(=O)NNC(=O)c2ccc(CSc3nc(C)cc(C)n3)cc2)cc1. The number of sulfonamides is 1. The lowest BCUT2D eigenvalue weighted by atomic mass is 10.1. The molecular weight excluding hydrogens is 462 g/mol. The van der Waals surface area contributed by atoms with E-state index in [0.717, 1.165) is 22.5 Å². The van der Waals surface area contributed by atoms with Gasteiger partial charge in [0.25, 0.3) is 15.9 Å². The van der Waals surface area contributed by atoms with Gasteiger partial charge in [0.05, 0.1) is 4.90 Å². The monoisotopic (exact) mass is 485 g/mol. The summed E-state index contributed by atoms with van der Waals surface area (Å²) in [5.41, 5.74) is 8.18. The second-order valence-corrected chi connectivity index (χ2v) is 9.87. The average molecular weight is 486 g/mol.